The predicted octanol–water partition coefficient (Wildman–Crippen LogP) is 3.42. The van der Waals surface area contributed by atoms with Crippen LogP contribution in [-0.4, -0.2) is 64.2 Å². The molecule has 3 heterocycles. The van der Waals surface area contributed by atoms with Crippen LogP contribution in [0.5, 0.6) is 5.75 Å². The molecule has 2 aromatic rings. The third-order valence-corrected chi connectivity index (χ3v) is 8.57. The molecule has 0 aliphatic carbocycles. The third kappa shape index (κ3) is 4.37. The van der Waals surface area contributed by atoms with E-state index >= 15 is 0 Å². The minimum Gasteiger partial charge on any atom is -0.494 e. The molecule has 9 nitrogen and oxygen atoms in total. The van der Waals surface area contributed by atoms with Gasteiger partial charge in [-0.2, -0.15) is 0 Å². The number of aliphatic hydroxyl groups is 1. The Labute approximate surface area is 228 Å². The van der Waals surface area contributed by atoms with Crippen LogP contribution in [0.4, 0.5) is 11.4 Å². The van der Waals surface area contributed by atoms with Gasteiger partial charge in [-0.3, -0.25) is 14.4 Å². The maximum atomic E-state index is 14.0. The number of nitrogens with one attached hydrogen (secondary N) is 2. The normalized spacial score (nSPS) is 29.7. The molecule has 5 rings (SSSR count). The van der Waals surface area contributed by atoms with Gasteiger partial charge in [-0.25, -0.2) is 0 Å². The first-order valence-electron chi connectivity index (χ1n) is 13.6. The Morgan fingerprint density at radius 3 is 2.51 bits per heavy atom. The monoisotopic (exact) mass is 535 g/mol. The fourth-order valence-corrected chi connectivity index (χ4v) is 6.72. The molecule has 2 bridgehead atoms. The van der Waals surface area contributed by atoms with Gasteiger partial charge in [0, 0.05) is 11.4 Å². The molecule has 0 saturated carbocycles. The van der Waals surface area contributed by atoms with Gasteiger partial charge in [0.05, 0.1) is 36.7 Å². The summed E-state index contributed by atoms with van der Waals surface area (Å²) in [5.41, 5.74) is 1.06. The molecule has 3 N–H and O–H groups in total. The van der Waals surface area contributed by atoms with Gasteiger partial charge in [0.25, 0.3) is 0 Å². The molecule has 3 aliphatic rings. The van der Waals surface area contributed by atoms with Gasteiger partial charge in [0.1, 0.15) is 17.4 Å². The highest BCUT2D eigenvalue weighted by Gasteiger charge is 2.78. The maximum Gasteiger partial charge on any atom is 0.250 e. The van der Waals surface area contributed by atoms with E-state index in [4.69, 9.17) is 9.47 Å². The van der Waals surface area contributed by atoms with Crippen molar-refractivity contribution < 1.29 is 29.0 Å². The topological polar surface area (TPSA) is 117 Å². The van der Waals surface area contributed by atoms with Gasteiger partial charge in [0.2, 0.25) is 17.7 Å². The van der Waals surface area contributed by atoms with Crippen molar-refractivity contribution in [3.8, 4) is 5.75 Å². The molecule has 6 atom stereocenters. The molecule has 0 aromatic heterocycles. The smallest absolute Gasteiger partial charge is 0.250 e. The van der Waals surface area contributed by atoms with Crippen LogP contribution < -0.4 is 15.4 Å². The average Bonchev–Trinajstić information content (AvgIpc) is 3.47. The second-order valence-corrected chi connectivity index (χ2v) is 11.3. The number of benzene rings is 2. The second-order valence-electron chi connectivity index (χ2n) is 11.3. The summed E-state index contributed by atoms with van der Waals surface area (Å²) in [7, 11) is 0. The minimum atomic E-state index is -1.17. The van der Waals surface area contributed by atoms with Crippen LogP contribution in [0.15, 0.2) is 42.5 Å². The molecule has 0 radical (unpaired) electrons. The van der Waals surface area contributed by atoms with Crippen LogP contribution >= 0.6 is 0 Å². The van der Waals surface area contributed by atoms with Crippen molar-refractivity contribution in [3.63, 3.8) is 0 Å². The number of carbonyl (C=O) groups is 3. The van der Waals surface area contributed by atoms with Crippen molar-refractivity contribution in [1.82, 2.24) is 4.90 Å². The first-order chi connectivity index (χ1) is 18.5. The maximum absolute atomic E-state index is 14.0. The predicted molar refractivity (Wildman–Crippen MR) is 146 cm³/mol. The highest BCUT2D eigenvalue weighted by atomic mass is 16.5. The van der Waals surface area contributed by atoms with Crippen LogP contribution in [-0.2, 0) is 19.1 Å². The lowest BCUT2D eigenvalue weighted by Gasteiger charge is -2.35. The Kier molecular flexibility index (Phi) is 6.93. The van der Waals surface area contributed by atoms with Gasteiger partial charge >= 0.3 is 0 Å². The fraction of sp³-hybridized carbons (Fsp3) is 0.500. The standard InChI is InChI=1S/C30H37N3O6/c1-6-38-21-11-9-20(10-12-21)31-26(35)23-24-28(37)33(19(4)16-34)25(30(24)14-13-29(23,5)39-30)27(36)32-22-15-17(2)7-8-18(22)3/h7-12,15,19,23-25,34H,6,13-14,16H2,1-5H3,(H,31,35)(H,32,36)/t19-,23+,24+,25?,29-,30?/m1/s1. The lowest BCUT2D eigenvalue weighted by Crippen LogP contribution is -2.55. The fourth-order valence-electron chi connectivity index (χ4n) is 6.72. The molecule has 3 amide bonds. The van der Waals surface area contributed by atoms with E-state index in [1.165, 1.54) is 4.90 Å². The van der Waals surface area contributed by atoms with Crippen molar-refractivity contribution in [2.75, 3.05) is 23.8 Å². The molecule has 2 aromatic carbocycles. The van der Waals surface area contributed by atoms with Gasteiger partial charge in [-0.15, -0.1) is 0 Å². The number of aliphatic hydroxyl groups excluding tert-OH is 1. The number of aryl methyl sites for hydroxylation is 2. The van der Waals surface area contributed by atoms with E-state index in [0.717, 1.165) is 11.1 Å². The molecule has 3 fully saturated rings. The molecule has 1 spiro atoms. The summed E-state index contributed by atoms with van der Waals surface area (Å²) in [5, 5.41) is 16.0. The molecule has 9 heteroatoms. The summed E-state index contributed by atoms with van der Waals surface area (Å²) < 4.78 is 12.1. The summed E-state index contributed by atoms with van der Waals surface area (Å²) >= 11 is 0. The summed E-state index contributed by atoms with van der Waals surface area (Å²) in [6.45, 7) is 9.53. The zero-order valence-corrected chi connectivity index (χ0v) is 23.1. The number of ether oxygens (including phenoxy) is 2. The number of hydrogen-bond acceptors (Lipinski definition) is 6. The summed E-state index contributed by atoms with van der Waals surface area (Å²) in [6.07, 6.45) is 0.999. The Balaban J connectivity index is 1.48. The van der Waals surface area contributed by atoms with E-state index < -0.39 is 35.1 Å². The second kappa shape index (κ2) is 9.95. The number of amides is 3. The highest BCUT2D eigenvalue weighted by Crippen LogP contribution is 2.63. The van der Waals surface area contributed by atoms with Gasteiger partial charge in [-0.1, -0.05) is 12.1 Å². The van der Waals surface area contributed by atoms with E-state index in [1.807, 2.05) is 45.9 Å². The number of likely N-dealkylation sites (tertiary alicyclic amines) is 1. The SMILES string of the molecule is CCOc1ccc(NC(=O)[C@@H]2[C@H]3C(=O)N([C@H](C)CO)C(C(=O)Nc4cc(C)ccc4C)C34CC[C@@]2(C)O4)cc1. The largest absolute Gasteiger partial charge is 0.494 e. The van der Waals surface area contributed by atoms with Crippen LogP contribution in [0.1, 0.15) is 44.7 Å². The summed E-state index contributed by atoms with van der Waals surface area (Å²) in [4.78, 5) is 43.2. The highest BCUT2D eigenvalue weighted by molar-refractivity contribution is 6.05. The number of rotatable bonds is 8. The van der Waals surface area contributed by atoms with Crippen molar-refractivity contribution in [2.45, 2.75) is 70.7 Å². The quantitative estimate of drug-likeness (QED) is 0.477. The number of fused-ring (bicyclic) bond motifs is 1. The van der Waals surface area contributed by atoms with Crippen molar-refractivity contribution in [3.05, 3.63) is 53.6 Å². The Bertz CT molecular complexity index is 1300. The Morgan fingerprint density at radius 2 is 1.85 bits per heavy atom. The van der Waals surface area contributed by atoms with Gasteiger partial charge in [-0.05, 0) is 88.9 Å². The molecular weight excluding hydrogens is 498 g/mol. The van der Waals surface area contributed by atoms with Crippen molar-refractivity contribution in [2.24, 2.45) is 11.8 Å². The number of anilines is 2. The van der Waals surface area contributed by atoms with Crippen molar-refractivity contribution in [1.29, 1.82) is 0 Å². The minimum absolute atomic E-state index is 0.317. The van der Waals surface area contributed by atoms with Gasteiger partial charge in [0.15, 0.2) is 0 Å². The first-order valence-corrected chi connectivity index (χ1v) is 13.6. The summed E-state index contributed by atoms with van der Waals surface area (Å²) in [6, 6.07) is 11.2. The molecule has 3 saturated heterocycles. The first kappa shape index (κ1) is 27.1. The molecule has 2 unspecified atom stereocenters. The lowest BCUT2D eigenvalue weighted by atomic mass is 9.66. The van der Waals surface area contributed by atoms with E-state index in [0.29, 0.717) is 36.6 Å². The van der Waals surface area contributed by atoms with E-state index in [-0.39, 0.29) is 24.3 Å². The Hall–Kier alpha value is -3.43. The molecular formula is C30H37N3O6. The number of nitrogens with zero attached hydrogens (tertiary/aromatic N) is 1. The zero-order chi connectivity index (χ0) is 28.1. The molecule has 208 valence electrons. The van der Waals surface area contributed by atoms with Crippen molar-refractivity contribution >= 4 is 29.1 Å². The number of carbonyl (C=O) groups excluding carboxylic acids is 3. The zero-order valence-electron chi connectivity index (χ0n) is 23.1. The van der Waals surface area contributed by atoms with Crippen LogP contribution in [0.2, 0.25) is 0 Å². The number of hydrogen-bond donors (Lipinski definition) is 3. The lowest BCUT2D eigenvalue weighted by molar-refractivity contribution is -0.146. The molecule has 39 heavy (non-hydrogen) atoms. The van der Waals surface area contributed by atoms with E-state index in [2.05, 4.69) is 10.6 Å². The van der Waals surface area contributed by atoms with Crippen LogP contribution in [0, 0.1) is 25.7 Å². The van der Waals surface area contributed by atoms with Gasteiger partial charge < -0.3 is 30.1 Å². The van der Waals surface area contributed by atoms with E-state index in [9.17, 15) is 19.5 Å². The summed E-state index contributed by atoms with van der Waals surface area (Å²) in [5.74, 6) is -1.99. The Morgan fingerprint density at radius 1 is 1.13 bits per heavy atom. The van der Waals surface area contributed by atoms with E-state index in [1.54, 1.807) is 31.2 Å². The molecule has 3 aliphatic heterocycles. The average molecular weight is 536 g/mol. The van der Waals surface area contributed by atoms with Crippen LogP contribution in [0.25, 0.3) is 0 Å². The van der Waals surface area contributed by atoms with Crippen LogP contribution in [0.3, 0.4) is 0 Å². The third-order valence-electron chi connectivity index (χ3n) is 8.57.